The Hall–Kier alpha value is -1.71. The zero-order valence-electron chi connectivity index (χ0n) is 18.3. The fraction of sp³-hybridized carbons (Fsp3) is 0.565. The summed E-state index contributed by atoms with van der Waals surface area (Å²) in [6.45, 7) is 6.30. The van der Waals surface area contributed by atoms with Crippen LogP contribution in [-0.4, -0.2) is 49.8 Å². The fourth-order valence-corrected chi connectivity index (χ4v) is 6.64. The van der Waals surface area contributed by atoms with E-state index < -0.39 is 6.10 Å². The molecule has 0 bridgehead atoms. The van der Waals surface area contributed by atoms with Crippen molar-refractivity contribution in [3.05, 3.63) is 44.5 Å². The molecule has 1 saturated heterocycles. The topological polar surface area (TPSA) is 74.9 Å². The predicted molar refractivity (Wildman–Crippen MR) is 125 cm³/mol. The quantitative estimate of drug-likeness (QED) is 0.589. The van der Waals surface area contributed by atoms with Crippen molar-refractivity contribution in [2.24, 2.45) is 0 Å². The molecule has 32 heavy (non-hydrogen) atoms. The van der Waals surface area contributed by atoms with Crippen molar-refractivity contribution in [1.29, 1.82) is 0 Å². The molecule has 3 unspecified atom stereocenters. The standard InChI is InChI=1S/C23H28ClN5O2S/c1-13-10-29-18(22(25-13)26-15-3-4-15)7-16(27-29)11-28-6-5-23(9-14(28)2)21-17(8-20(24)32-21)19(30)12-31-23/h7-8,10,14-15,19,30H,3-6,9,11-12H2,1-2H3,(H,25,26). The van der Waals surface area contributed by atoms with E-state index in [1.54, 1.807) is 11.3 Å². The molecule has 3 aromatic heterocycles. The summed E-state index contributed by atoms with van der Waals surface area (Å²) in [6.07, 6.45) is 5.61. The molecule has 7 nitrogen and oxygen atoms in total. The second kappa shape index (κ2) is 7.67. The van der Waals surface area contributed by atoms with Gasteiger partial charge in [0.05, 0.1) is 28.5 Å². The van der Waals surface area contributed by atoms with Crippen molar-refractivity contribution in [2.45, 2.75) is 69.9 Å². The second-order valence-electron chi connectivity index (χ2n) is 9.54. The number of aryl methyl sites for hydroxylation is 1. The van der Waals surface area contributed by atoms with E-state index in [2.05, 4.69) is 23.2 Å². The number of halogens is 1. The van der Waals surface area contributed by atoms with Gasteiger partial charge in [-0.25, -0.2) is 9.50 Å². The van der Waals surface area contributed by atoms with Crippen LogP contribution < -0.4 is 5.32 Å². The summed E-state index contributed by atoms with van der Waals surface area (Å²) < 4.78 is 8.97. The molecule has 0 aromatic carbocycles. The Morgan fingerprint density at radius 3 is 3.00 bits per heavy atom. The number of aliphatic hydroxyl groups excluding tert-OH is 1. The molecule has 9 heteroatoms. The first kappa shape index (κ1) is 20.9. The maximum absolute atomic E-state index is 10.4. The predicted octanol–water partition coefficient (Wildman–Crippen LogP) is 4.27. The fourth-order valence-electron chi connectivity index (χ4n) is 5.17. The first-order chi connectivity index (χ1) is 15.4. The van der Waals surface area contributed by atoms with E-state index in [1.807, 2.05) is 23.7 Å². The van der Waals surface area contributed by atoms with Gasteiger partial charge in [0.2, 0.25) is 0 Å². The zero-order chi connectivity index (χ0) is 22.0. The van der Waals surface area contributed by atoms with Crippen molar-refractivity contribution >= 4 is 34.3 Å². The Morgan fingerprint density at radius 1 is 1.38 bits per heavy atom. The van der Waals surface area contributed by atoms with Crippen LogP contribution in [0, 0.1) is 6.92 Å². The molecule has 5 heterocycles. The number of fused-ring (bicyclic) bond motifs is 3. The average Bonchev–Trinajstić information content (AvgIpc) is 3.31. The SMILES string of the molecule is Cc1cn2nc(CN3CCC4(CC3C)OCC(O)c3cc(Cl)sc34)cc2c(NC2CC2)n1. The monoisotopic (exact) mass is 473 g/mol. The highest BCUT2D eigenvalue weighted by Crippen LogP contribution is 2.50. The van der Waals surface area contributed by atoms with Crippen LogP contribution >= 0.6 is 22.9 Å². The van der Waals surface area contributed by atoms with E-state index >= 15 is 0 Å². The Balaban J connectivity index is 1.22. The van der Waals surface area contributed by atoms with Crippen LogP contribution in [0.5, 0.6) is 0 Å². The highest BCUT2D eigenvalue weighted by molar-refractivity contribution is 7.16. The first-order valence-corrected chi connectivity index (χ1v) is 12.6. The van der Waals surface area contributed by atoms with Crippen LogP contribution in [0.1, 0.15) is 60.5 Å². The Kier molecular flexibility index (Phi) is 5.00. The van der Waals surface area contributed by atoms with Gasteiger partial charge in [-0.3, -0.25) is 4.90 Å². The minimum Gasteiger partial charge on any atom is -0.386 e. The summed E-state index contributed by atoms with van der Waals surface area (Å²) in [6, 6.07) is 4.95. The number of anilines is 1. The molecule has 0 radical (unpaired) electrons. The minimum atomic E-state index is -0.582. The maximum atomic E-state index is 10.4. The lowest BCUT2D eigenvalue weighted by Gasteiger charge is -2.47. The van der Waals surface area contributed by atoms with E-state index in [4.69, 9.17) is 26.4 Å². The highest BCUT2D eigenvalue weighted by atomic mass is 35.5. The summed E-state index contributed by atoms with van der Waals surface area (Å²) >= 11 is 7.86. The van der Waals surface area contributed by atoms with Crippen LogP contribution in [-0.2, 0) is 16.9 Å². The molecule has 2 fully saturated rings. The van der Waals surface area contributed by atoms with E-state index in [9.17, 15) is 5.11 Å². The molecule has 2 N–H and O–H groups in total. The molecule has 3 aromatic rings. The molecule has 3 atom stereocenters. The lowest BCUT2D eigenvalue weighted by Crippen LogP contribution is -2.50. The molecule has 1 spiro atoms. The summed E-state index contributed by atoms with van der Waals surface area (Å²) in [7, 11) is 0. The Morgan fingerprint density at radius 2 is 2.22 bits per heavy atom. The third-order valence-corrected chi connectivity index (χ3v) is 8.45. The van der Waals surface area contributed by atoms with Crippen LogP contribution in [0.3, 0.4) is 0 Å². The zero-order valence-corrected chi connectivity index (χ0v) is 19.9. The van der Waals surface area contributed by atoms with Crippen LogP contribution in [0.25, 0.3) is 5.52 Å². The van der Waals surface area contributed by atoms with E-state index in [1.165, 1.54) is 12.8 Å². The van der Waals surface area contributed by atoms with Gasteiger partial charge >= 0.3 is 0 Å². The summed E-state index contributed by atoms with van der Waals surface area (Å²) in [4.78, 5) is 8.30. The summed E-state index contributed by atoms with van der Waals surface area (Å²) in [5, 5.41) is 18.8. The Bertz CT molecular complexity index is 1170. The van der Waals surface area contributed by atoms with Crippen molar-refractivity contribution < 1.29 is 9.84 Å². The number of likely N-dealkylation sites (tertiary alicyclic amines) is 1. The van der Waals surface area contributed by atoms with Gasteiger partial charge in [0, 0.05) is 35.6 Å². The molecule has 2 aliphatic heterocycles. The molecule has 6 rings (SSSR count). The highest BCUT2D eigenvalue weighted by Gasteiger charge is 2.46. The molecule has 0 amide bonds. The number of rotatable bonds is 4. The molecule has 3 aliphatic rings. The number of hydrogen-bond donors (Lipinski definition) is 2. The van der Waals surface area contributed by atoms with Crippen molar-refractivity contribution in [3.8, 4) is 0 Å². The van der Waals surface area contributed by atoms with E-state index in [-0.39, 0.29) is 5.60 Å². The Labute approximate surface area is 196 Å². The van der Waals surface area contributed by atoms with Gasteiger partial charge < -0.3 is 15.2 Å². The number of aromatic nitrogens is 3. The molecule has 170 valence electrons. The van der Waals surface area contributed by atoms with Crippen molar-refractivity contribution in [3.63, 3.8) is 0 Å². The third kappa shape index (κ3) is 3.62. The molecular weight excluding hydrogens is 446 g/mol. The number of ether oxygens (including phenoxy) is 1. The molecular formula is C23H28ClN5O2S. The van der Waals surface area contributed by atoms with E-state index in [0.29, 0.717) is 18.7 Å². The van der Waals surface area contributed by atoms with Crippen LogP contribution in [0.4, 0.5) is 5.82 Å². The van der Waals surface area contributed by atoms with E-state index in [0.717, 1.165) is 63.4 Å². The number of nitrogens with zero attached hydrogens (tertiary/aromatic N) is 4. The number of hydrogen-bond acceptors (Lipinski definition) is 7. The minimum absolute atomic E-state index is 0.321. The van der Waals surface area contributed by atoms with Crippen molar-refractivity contribution in [2.75, 3.05) is 18.5 Å². The second-order valence-corrected chi connectivity index (χ2v) is 11.2. The average molecular weight is 474 g/mol. The van der Waals surface area contributed by atoms with Gasteiger partial charge in [0.15, 0.2) is 5.82 Å². The first-order valence-electron chi connectivity index (χ1n) is 11.4. The molecule has 1 aliphatic carbocycles. The lowest BCUT2D eigenvalue weighted by atomic mass is 9.81. The number of thiophene rings is 1. The van der Waals surface area contributed by atoms with Gasteiger partial charge in [-0.1, -0.05) is 11.6 Å². The van der Waals surface area contributed by atoms with Gasteiger partial charge in [0.1, 0.15) is 17.2 Å². The largest absolute Gasteiger partial charge is 0.386 e. The van der Waals surface area contributed by atoms with Gasteiger partial charge in [-0.15, -0.1) is 11.3 Å². The number of nitrogens with one attached hydrogen (secondary N) is 1. The molecule has 1 saturated carbocycles. The summed E-state index contributed by atoms with van der Waals surface area (Å²) in [5.74, 6) is 0.938. The number of piperidine rings is 1. The smallest absolute Gasteiger partial charge is 0.152 e. The third-order valence-electron chi connectivity index (χ3n) is 6.98. The van der Waals surface area contributed by atoms with Gasteiger partial charge in [-0.05, 0) is 51.7 Å². The lowest BCUT2D eigenvalue weighted by molar-refractivity contribution is -0.139. The van der Waals surface area contributed by atoms with Gasteiger partial charge in [0.25, 0.3) is 0 Å². The number of aliphatic hydroxyl groups is 1. The van der Waals surface area contributed by atoms with Crippen LogP contribution in [0.15, 0.2) is 18.3 Å². The maximum Gasteiger partial charge on any atom is 0.152 e. The summed E-state index contributed by atoms with van der Waals surface area (Å²) in [5.41, 5.74) is 3.67. The van der Waals surface area contributed by atoms with Crippen molar-refractivity contribution in [1.82, 2.24) is 19.5 Å². The van der Waals surface area contributed by atoms with Gasteiger partial charge in [-0.2, -0.15) is 5.10 Å². The van der Waals surface area contributed by atoms with Crippen LogP contribution in [0.2, 0.25) is 4.34 Å². The normalized spacial score (nSPS) is 28.4.